The van der Waals surface area contributed by atoms with Gasteiger partial charge in [-0.1, -0.05) is 12.1 Å². The lowest BCUT2D eigenvalue weighted by atomic mass is 10.3. The normalized spacial score (nSPS) is 11.6. The highest BCUT2D eigenvalue weighted by atomic mass is 16.6. The van der Waals surface area contributed by atoms with Crippen LogP contribution < -0.4 is 4.74 Å². The van der Waals surface area contributed by atoms with E-state index in [4.69, 9.17) is 4.74 Å². The summed E-state index contributed by atoms with van der Waals surface area (Å²) in [5.74, 6) is -0.538. The van der Waals surface area contributed by atoms with Crippen molar-refractivity contribution >= 4 is 11.7 Å². The molecule has 0 aliphatic heterocycles. The zero-order valence-corrected chi connectivity index (χ0v) is 8.88. The van der Waals surface area contributed by atoms with Crippen molar-refractivity contribution in [3.8, 4) is 5.75 Å². The lowest BCUT2D eigenvalue weighted by Crippen LogP contribution is -2.25. The Bertz CT molecular complexity index is 404. The molecule has 1 atom stereocenters. The van der Waals surface area contributed by atoms with Crippen molar-refractivity contribution in [3.05, 3.63) is 34.4 Å². The zero-order valence-electron chi connectivity index (χ0n) is 8.88. The fraction of sp³-hybridized carbons (Fsp3) is 0.300. The Morgan fingerprint density at radius 2 is 2.06 bits per heavy atom. The van der Waals surface area contributed by atoms with Crippen molar-refractivity contribution in [2.24, 2.45) is 0 Å². The van der Waals surface area contributed by atoms with Crippen LogP contribution in [0.1, 0.15) is 6.92 Å². The maximum Gasteiger partial charge on any atom is 0.346 e. The number of carbonyl (C=O) groups is 1. The topological polar surface area (TPSA) is 78.7 Å². The third-order valence-electron chi connectivity index (χ3n) is 1.90. The Balaban J connectivity index is 2.88. The van der Waals surface area contributed by atoms with Crippen LogP contribution >= 0.6 is 0 Å². The van der Waals surface area contributed by atoms with E-state index in [1.807, 2.05) is 0 Å². The molecule has 1 rings (SSSR count). The molecule has 0 unspecified atom stereocenters. The maximum absolute atomic E-state index is 11.1. The average Bonchev–Trinajstić information content (AvgIpc) is 2.28. The standard InChI is InChI=1S/C10H11NO5/c1-7(10(12)15-2)16-9-6-4-3-5-8(9)11(13)14/h3-7H,1-2H3/t7-/m1/s1. The first kappa shape index (κ1) is 12.0. The number of para-hydroxylation sites is 2. The minimum Gasteiger partial charge on any atom is -0.472 e. The molecule has 0 saturated heterocycles. The van der Waals surface area contributed by atoms with Crippen LogP contribution in [0.5, 0.6) is 5.75 Å². The Hall–Kier alpha value is -2.11. The number of carbonyl (C=O) groups excluding carboxylic acids is 1. The van der Waals surface area contributed by atoms with Gasteiger partial charge in [-0.15, -0.1) is 0 Å². The van der Waals surface area contributed by atoms with Gasteiger partial charge in [0.1, 0.15) is 0 Å². The molecule has 0 saturated carbocycles. The molecule has 86 valence electrons. The van der Waals surface area contributed by atoms with Crippen LogP contribution in [-0.2, 0) is 9.53 Å². The van der Waals surface area contributed by atoms with Crippen molar-refractivity contribution in [3.63, 3.8) is 0 Å². The van der Waals surface area contributed by atoms with Gasteiger partial charge in [-0.3, -0.25) is 10.1 Å². The predicted molar refractivity (Wildman–Crippen MR) is 55.2 cm³/mol. The second-order valence-electron chi connectivity index (χ2n) is 3.01. The molecular weight excluding hydrogens is 214 g/mol. The van der Waals surface area contributed by atoms with Crippen LogP contribution in [0.2, 0.25) is 0 Å². The molecular formula is C10H11NO5. The van der Waals surface area contributed by atoms with Crippen molar-refractivity contribution < 1.29 is 19.2 Å². The smallest absolute Gasteiger partial charge is 0.346 e. The van der Waals surface area contributed by atoms with Crippen LogP contribution in [0.3, 0.4) is 0 Å². The summed E-state index contributed by atoms with van der Waals surface area (Å²) in [6.07, 6.45) is -0.883. The molecule has 0 bridgehead atoms. The molecule has 0 aliphatic rings. The van der Waals surface area contributed by atoms with Gasteiger partial charge in [0.25, 0.3) is 0 Å². The van der Waals surface area contributed by atoms with Crippen LogP contribution in [-0.4, -0.2) is 24.1 Å². The van der Waals surface area contributed by atoms with E-state index in [1.54, 1.807) is 6.07 Å². The number of nitro groups is 1. The molecule has 1 aromatic carbocycles. The largest absolute Gasteiger partial charge is 0.472 e. The van der Waals surface area contributed by atoms with Gasteiger partial charge in [0, 0.05) is 6.07 Å². The van der Waals surface area contributed by atoms with E-state index in [1.165, 1.54) is 32.2 Å². The summed E-state index contributed by atoms with van der Waals surface area (Å²) < 4.78 is 9.59. The third-order valence-corrected chi connectivity index (χ3v) is 1.90. The van der Waals surface area contributed by atoms with E-state index >= 15 is 0 Å². The SMILES string of the molecule is COC(=O)[C@@H](C)Oc1ccccc1[N+](=O)[O-]. The number of esters is 1. The molecule has 16 heavy (non-hydrogen) atoms. The molecule has 1 aromatic rings. The first-order valence-electron chi connectivity index (χ1n) is 4.54. The highest BCUT2D eigenvalue weighted by molar-refractivity contribution is 5.74. The molecule has 0 radical (unpaired) electrons. The Morgan fingerprint density at radius 3 is 2.62 bits per heavy atom. The maximum atomic E-state index is 11.1. The summed E-state index contributed by atoms with van der Waals surface area (Å²) in [6.45, 7) is 1.46. The number of ether oxygens (including phenoxy) is 2. The third kappa shape index (κ3) is 2.69. The number of hydrogen-bond donors (Lipinski definition) is 0. The number of rotatable bonds is 4. The summed E-state index contributed by atoms with van der Waals surface area (Å²) in [5.41, 5.74) is -0.182. The minimum absolute atomic E-state index is 0.0467. The quantitative estimate of drug-likeness (QED) is 0.441. The lowest BCUT2D eigenvalue weighted by Gasteiger charge is -2.11. The van der Waals surface area contributed by atoms with Crippen molar-refractivity contribution in [2.75, 3.05) is 7.11 Å². The van der Waals surface area contributed by atoms with Gasteiger partial charge in [0.15, 0.2) is 11.9 Å². The summed E-state index contributed by atoms with van der Waals surface area (Å²) in [6, 6.07) is 5.84. The summed E-state index contributed by atoms with van der Waals surface area (Å²) in [4.78, 5) is 21.2. The fourth-order valence-electron chi connectivity index (χ4n) is 1.11. The van der Waals surface area contributed by atoms with Crippen molar-refractivity contribution in [1.82, 2.24) is 0 Å². The number of nitrogens with zero attached hydrogens (tertiary/aromatic N) is 1. The monoisotopic (exact) mass is 225 g/mol. The number of methoxy groups -OCH3 is 1. The van der Waals surface area contributed by atoms with E-state index in [-0.39, 0.29) is 11.4 Å². The first-order valence-corrected chi connectivity index (χ1v) is 4.54. The van der Waals surface area contributed by atoms with Crippen LogP contribution in [0.15, 0.2) is 24.3 Å². The Labute approximate surface area is 91.9 Å². The second-order valence-corrected chi connectivity index (χ2v) is 3.01. The summed E-state index contributed by atoms with van der Waals surface area (Å²) in [7, 11) is 1.22. The van der Waals surface area contributed by atoms with Gasteiger partial charge in [-0.25, -0.2) is 4.79 Å². The summed E-state index contributed by atoms with van der Waals surface area (Å²) in [5, 5.41) is 10.7. The van der Waals surface area contributed by atoms with Crippen molar-refractivity contribution in [1.29, 1.82) is 0 Å². The lowest BCUT2D eigenvalue weighted by molar-refractivity contribution is -0.386. The number of hydrogen-bond acceptors (Lipinski definition) is 5. The van der Waals surface area contributed by atoms with Gasteiger partial charge in [0.2, 0.25) is 0 Å². The molecule has 0 aromatic heterocycles. The molecule has 0 heterocycles. The molecule has 0 fully saturated rings. The first-order chi connectivity index (χ1) is 7.56. The minimum atomic E-state index is -0.883. The molecule has 0 aliphatic carbocycles. The average molecular weight is 225 g/mol. The Morgan fingerprint density at radius 1 is 1.44 bits per heavy atom. The fourth-order valence-corrected chi connectivity index (χ4v) is 1.11. The van der Waals surface area contributed by atoms with Gasteiger partial charge < -0.3 is 9.47 Å². The molecule has 0 amide bonds. The molecule has 6 heteroatoms. The Kier molecular flexibility index (Phi) is 3.82. The molecule has 0 N–H and O–H groups in total. The van der Waals surface area contributed by atoms with Gasteiger partial charge in [-0.05, 0) is 13.0 Å². The van der Waals surface area contributed by atoms with Crippen LogP contribution in [0.25, 0.3) is 0 Å². The van der Waals surface area contributed by atoms with Gasteiger partial charge >= 0.3 is 11.7 Å². The van der Waals surface area contributed by atoms with Gasteiger partial charge in [-0.2, -0.15) is 0 Å². The number of nitro benzene ring substituents is 1. The number of benzene rings is 1. The highest BCUT2D eigenvalue weighted by Crippen LogP contribution is 2.26. The van der Waals surface area contributed by atoms with E-state index in [9.17, 15) is 14.9 Å². The van der Waals surface area contributed by atoms with E-state index in [0.29, 0.717) is 0 Å². The van der Waals surface area contributed by atoms with Crippen LogP contribution in [0, 0.1) is 10.1 Å². The molecule has 0 spiro atoms. The zero-order chi connectivity index (χ0) is 12.1. The predicted octanol–water partition coefficient (Wildman–Crippen LogP) is 1.54. The highest BCUT2D eigenvalue weighted by Gasteiger charge is 2.20. The summed E-state index contributed by atoms with van der Waals surface area (Å²) >= 11 is 0. The van der Waals surface area contributed by atoms with Crippen LogP contribution in [0.4, 0.5) is 5.69 Å². The van der Waals surface area contributed by atoms with E-state index in [2.05, 4.69) is 4.74 Å². The van der Waals surface area contributed by atoms with E-state index in [0.717, 1.165) is 0 Å². The van der Waals surface area contributed by atoms with E-state index < -0.39 is 17.0 Å². The molecule has 6 nitrogen and oxygen atoms in total. The van der Waals surface area contributed by atoms with Gasteiger partial charge in [0.05, 0.1) is 12.0 Å². The van der Waals surface area contributed by atoms with Crippen molar-refractivity contribution in [2.45, 2.75) is 13.0 Å². The second kappa shape index (κ2) is 5.11.